The first-order valence-electron chi connectivity index (χ1n) is 9.20. The average Bonchev–Trinajstić information content (AvgIpc) is 3.14. The highest BCUT2D eigenvalue weighted by Gasteiger charge is 2.30. The molecule has 0 spiro atoms. The highest BCUT2D eigenvalue weighted by molar-refractivity contribution is 5.81. The molecule has 0 saturated carbocycles. The van der Waals surface area contributed by atoms with E-state index in [9.17, 15) is 4.79 Å². The van der Waals surface area contributed by atoms with Gasteiger partial charge in [0.25, 0.3) is 5.91 Å². The number of anilines is 1. The van der Waals surface area contributed by atoms with Crippen molar-refractivity contribution in [1.82, 2.24) is 25.1 Å². The zero-order valence-corrected chi connectivity index (χ0v) is 14.8. The molecule has 3 aromatic rings. The van der Waals surface area contributed by atoms with Crippen LogP contribution >= 0.6 is 0 Å². The Balaban J connectivity index is 1.12. The second-order valence-corrected chi connectivity index (χ2v) is 7.09. The first kappa shape index (κ1) is 16.0. The van der Waals surface area contributed by atoms with Gasteiger partial charge >= 0.3 is 0 Å². The van der Waals surface area contributed by atoms with Crippen molar-refractivity contribution in [3.05, 3.63) is 48.3 Å². The lowest BCUT2D eigenvalue weighted by Crippen LogP contribution is -2.53. The number of amides is 1. The molecular weight excluding hydrogens is 344 g/mol. The number of nitrogens with one attached hydrogen (secondary N) is 1. The van der Waals surface area contributed by atoms with Crippen LogP contribution in [0.5, 0.6) is 5.75 Å². The number of hydrogen-bond donors (Lipinski definition) is 1. The Morgan fingerprint density at radius 3 is 3.04 bits per heavy atom. The SMILES string of the molecule is O=C(NCC1CN(c2ccc3nncn3n2)C1)C1CCc2ccccc2O1. The van der Waals surface area contributed by atoms with E-state index in [-0.39, 0.29) is 5.91 Å². The van der Waals surface area contributed by atoms with Crippen molar-refractivity contribution in [2.45, 2.75) is 18.9 Å². The van der Waals surface area contributed by atoms with Crippen LogP contribution in [0, 0.1) is 5.92 Å². The predicted octanol–water partition coefficient (Wildman–Crippen LogP) is 1.07. The molecule has 1 saturated heterocycles. The number of fused-ring (bicyclic) bond motifs is 2. The number of benzene rings is 1. The summed E-state index contributed by atoms with van der Waals surface area (Å²) in [6.07, 6.45) is 2.80. The molecule has 4 heterocycles. The van der Waals surface area contributed by atoms with E-state index >= 15 is 0 Å². The highest BCUT2D eigenvalue weighted by Crippen LogP contribution is 2.27. The average molecular weight is 364 g/mol. The molecular formula is C19H20N6O2. The fourth-order valence-corrected chi connectivity index (χ4v) is 3.64. The third-order valence-corrected chi connectivity index (χ3v) is 5.20. The Labute approximate surface area is 156 Å². The van der Waals surface area contributed by atoms with Crippen LogP contribution in [0.3, 0.4) is 0 Å². The number of para-hydroxylation sites is 1. The first-order chi connectivity index (χ1) is 13.3. The molecule has 1 amide bonds. The van der Waals surface area contributed by atoms with Gasteiger partial charge < -0.3 is 15.0 Å². The summed E-state index contributed by atoms with van der Waals surface area (Å²) in [4.78, 5) is 14.6. The van der Waals surface area contributed by atoms with Gasteiger partial charge in [0.05, 0.1) is 0 Å². The molecule has 1 aromatic carbocycles. The number of ether oxygens (including phenoxy) is 1. The molecule has 1 atom stereocenters. The van der Waals surface area contributed by atoms with Crippen molar-refractivity contribution in [1.29, 1.82) is 0 Å². The minimum Gasteiger partial charge on any atom is -0.480 e. The zero-order chi connectivity index (χ0) is 18.2. The lowest BCUT2D eigenvalue weighted by molar-refractivity contribution is -0.128. The number of carbonyl (C=O) groups is 1. The van der Waals surface area contributed by atoms with Crippen LogP contribution in [0.1, 0.15) is 12.0 Å². The van der Waals surface area contributed by atoms with E-state index in [0.717, 1.165) is 43.1 Å². The Morgan fingerprint density at radius 1 is 1.22 bits per heavy atom. The van der Waals surface area contributed by atoms with E-state index < -0.39 is 6.10 Å². The van der Waals surface area contributed by atoms with Gasteiger partial charge in [-0.2, -0.15) is 4.52 Å². The van der Waals surface area contributed by atoms with Gasteiger partial charge in [0.1, 0.15) is 17.9 Å². The van der Waals surface area contributed by atoms with Gasteiger partial charge in [-0.1, -0.05) is 18.2 Å². The van der Waals surface area contributed by atoms with Crippen molar-refractivity contribution < 1.29 is 9.53 Å². The summed E-state index contributed by atoms with van der Waals surface area (Å²) < 4.78 is 7.52. The normalized spacial score (nSPS) is 19.3. The van der Waals surface area contributed by atoms with Gasteiger partial charge in [-0.05, 0) is 36.6 Å². The Bertz CT molecular complexity index is 981. The largest absolute Gasteiger partial charge is 0.480 e. The van der Waals surface area contributed by atoms with E-state index in [1.165, 1.54) is 5.56 Å². The Kier molecular flexibility index (Phi) is 3.88. The standard InChI is InChI=1S/C19H20N6O2/c26-19(16-6-5-14-3-1-2-4-15(14)27-16)20-9-13-10-24(11-13)18-8-7-17-22-21-12-25(17)23-18/h1-4,7-8,12-13,16H,5-6,9-11H2,(H,20,26). The monoisotopic (exact) mass is 364 g/mol. The number of aromatic nitrogens is 4. The smallest absolute Gasteiger partial charge is 0.261 e. The summed E-state index contributed by atoms with van der Waals surface area (Å²) in [5, 5.41) is 15.3. The molecule has 1 fully saturated rings. The molecule has 2 aliphatic heterocycles. The second-order valence-electron chi connectivity index (χ2n) is 7.09. The number of hydrogen-bond acceptors (Lipinski definition) is 6. The summed E-state index contributed by atoms with van der Waals surface area (Å²) in [6, 6.07) is 11.8. The molecule has 2 aromatic heterocycles. The third kappa shape index (κ3) is 3.07. The minimum absolute atomic E-state index is 0.0213. The number of rotatable bonds is 4. The first-order valence-corrected chi connectivity index (χ1v) is 9.20. The lowest BCUT2D eigenvalue weighted by Gasteiger charge is -2.40. The second kappa shape index (κ2) is 6.53. The van der Waals surface area contributed by atoms with Crippen molar-refractivity contribution in [3.63, 3.8) is 0 Å². The molecule has 8 heteroatoms. The molecule has 0 radical (unpaired) electrons. The van der Waals surface area contributed by atoms with Crippen LogP contribution < -0.4 is 15.0 Å². The zero-order valence-electron chi connectivity index (χ0n) is 14.8. The summed E-state index contributed by atoms with van der Waals surface area (Å²) in [6.45, 7) is 2.40. The van der Waals surface area contributed by atoms with Crippen molar-refractivity contribution in [2.24, 2.45) is 5.92 Å². The molecule has 27 heavy (non-hydrogen) atoms. The summed E-state index contributed by atoms with van der Waals surface area (Å²) in [5.41, 5.74) is 1.91. The van der Waals surface area contributed by atoms with Crippen molar-refractivity contribution in [2.75, 3.05) is 24.5 Å². The molecule has 138 valence electrons. The molecule has 1 unspecified atom stereocenters. The van der Waals surface area contributed by atoms with Gasteiger partial charge in [0, 0.05) is 25.6 Å². The van der Waals surface area contributed by atoms with Crippen LogP contribution in [0.25, 0.3) is 5.65 Å². The summed E-state index contributed by atoms with van der Waals surface area (Å²) >= 11 is 0. The summed E-state index contributed by atoms with van der Waals surface area (Å²) in [7, 11) is 0. The molecule has 2 aliphatic rings. The van der Waals surface area contributed by atoms with E-state index in [4.69, 9.17) is 4.74 Å². The van der Waals surface area contributed by atoms with E-state index in [1.807, 2.05) is 30.3 Å². The summed E-state index contributed by atoms with van der Waals surface area (Å²) in [5.74, 6) is 2.13. The van der Waals surface area contributed by atoms with E-state index in [1.54, 1.807) is 10.8 Å². The predicted molar refractivity (Wildman–Crippen MR) is 98.7 cm³/mol. The van der Waals surface area contributed by atoms with Gasteiger partial charge in [-0.15, -0.1) is 15.3 Å². The maximum absolute atomic E-state index is 12.4. The molecule has 0 aliphatic carbocycles. The van der Waals surface area contributed by atoms with Crippen LogP contribution in [-0.4, -0.2) is 51.5 Å². The highest BCUT2D eigenvalue weighted by atomic mass is 16.5. The van der Waals surface area contributed by atoms with Gasteiger partial charge in [0.2, 0.25) is 0 Å². The quantitative estimate of drug-likeness (QED) is 0.746. The topological polar surface area (TPSA) is 84.7 Å². The molecule has 1 N–H and O–H groups in total. The van der Waals surface area contributed by atoms with Crippen molar-refractivity contribution in [3.8, 4) is 5.75 Å². The van der Waals surface area contributed by atoms with Gasteiger partial charge in [-0.25, -0.2) is 0 Å². The number of carbonyl (C=O) groups excluding carboxylic acids is 1. The van der Waals surface area contributed by atoms with Crippen LogP contribution in [0.15, 0.2) is 42.7 Å². The molecule has 5 rings (SSSR count). The number of nitrogens with zero attached hydrogens (tertiary/aromatic N) is 5. The van der Waals surface area contributed by atoms with Crippen LogP contribution in [-0.2, 0) is 11.2 Å². The maximum atomic E-state index is 12.4. The van der Waals surface area contributed by atoms with Crippen LogP contribution in [0.2, 0.25) is 0 Å². The lowest BCUT2D eigenvalue weighted by atomic mass is 9.99. The van der Waals surface area contributed by atoms with Crippen molar-refractivity contribution >= 4 is 17.4 Å². The third-order valence-electron chi connectivity index (χ3n) is 5.20. The Hall–Kier alpha value is -3.16. The fourth-order valence-electron chi connectivity index (χ4n) is 3.64. The van der Waals surface area contributed by atoms with E-state index in [0.29, 0.717) is 12.5 Å². The van der Waals surface area contributed by atoms with Gasteiger partial charge in [0.15, 0.2) is 11.8 Å². The molecule has 8 nitrogen and oxygen atoms in total. The van der Waals surface area contributed by atoms with E-state index in [2.05, 4.69) is 31.6 Å². The molecule has 0 bridgehead atoms. The fraction of sp³-hybridized carbons (Fsp3) is 0.368. The Morgan fingerprint density at radius 2 is 2.11 bits per heavy atom. The minimum atomic E-state index is -0.395. The maximum Gasteiger partial charge on any atom is 0.261 e. The van der Waals surface area contributed by atoms with Gasteiger partial charge in [-0.3, -0.25) is 4.79 Å². The van der Waals surface area contributed by atoms with Crippen LogP contribution in [0.4, 0.5) is 5.82 Å². The number of aryl methyl sites for hydroxylation is 1.